The van der Waals surface area contributed by atoms with Crippen LogP contribution in [0.5, 0.6) is 0 Å². The van der Waals surface area contributed by atoms with E-state index in [2.05, 4.69) is 22.9 Å². The van der Waals surface area contributed by atoms with E-state index in [0.717, 1.165) is 13.1 Å². The van der Waals surface area contributed by atoms with Crippen molar-refractivity contribution in [1.82, 2.24) is 10.2 Å². The van der Waals surface area contributed by atoms with E-state index >= 15 is 0 Å². The number of nitrogens with zero attached hydrogens (tertiary/aromatic N) is 1. The van der Waals surface area contributed by atoms with Crippen molar-refractivity contribution in [2.24, 2.45) is 0 Å². The predicted octanol–water partition coefficient (Wildman–Crippen LogP) is 1.39. The first-order valence-electron chi connectivity index (χ1n) is 5.47. The van der Waals surface area contributed by atoms with Gasteiger partial charge in [-0.05, 0) is 51.9 Å². The van der Waals surface area contributed by atoms with Crippen molar-refractivity contribution in [3.05, 3.63) is 12.7 Å². The van der Waals surface area contributed by atoms with Gasteiger partial charge >= 0.3 is 0 Å². The fourth-order valence-electron chi connectivity index (χ4n) is 2.67. The Hall–Kier alpha value is -0.340. The van der Waals surface area contributed by atoms with Crippen LogP contribution < -0.4 is 5.32 Å². The van der Waals surface area contributed by atoms with Crippen LogP contribution in [0.15, 0.2) is 12.7 Å². The van der Waals surface area contributed by atoms with Crippen molar-refractivity contribution in [2.45, 2.75) is 31.2 Å². The molecule has 0 bridgehead atoms. The minimum absolute atomic E-state index is 0.335. The fraction of sp³-hybridized carbons (Fsp3) is 0.818. The minimum Gasteiger partial charge on any atom is -0.317 e. The Morgan fingerprint density at radius 2 is 1.77 bits per heavy atom. The molecule has 2 fully saturated rings. The maximum absolute atomic E-state index is 4.03. The summed E-state index contributed by atoms with van der Waals surface area (Å²) in [4.78, 5) is 2.64. The van der Waals surface area contributed by atoms with E-state index in [9.17, 15) is 0 Å². The lowest BCUT2D eigenvalue weighted by Gasteiger charge is -2.42. The van der Waals surface area contributed by atoms with E-state index in [1.54, 1.807) is 0 Å². The summed E-state index contributed by atoms with van der Waals surface area (Å²) in [6.07, 6.45) is 7.44. The van der Waals surface area contributed by atoms with Crippen LogP contribution in [0.1, 0.15) is 25.7 Å². The van der Waals surface area contributed by atoms with Crippen LogP contribution in [0, 0.1) is 0 Å². The number of likely N-dealkylation sites (tertiary alicyclic amines) is 1. The number of hydrogen-bond donors (Lipinski definition) is 1. The lowest BCUT2D eigenvalue weighted by molar-refractivity contribution is 0.127. The third-order valence-corrected chi connectivity index (χ3v) is 3.59. The minimum atomic E-state index is 0.335. The zero-order chi connectivity index (χ0) is 9.15. The summed E-state index contributed by atoms with van der Waals surface area (Å²) in [6, 6.07) is 0. The lowest BCUT2D eigenvalue weighted by Crippen LogP contribution is -2.52. The standard InChI is InChI=1S/C11H20N2/c1-2-11(5-7-12-8-6-11)13-9-3-4-10-13/h2,12H,1,3-10H2. The highest BCUT2D eigenvalue weighted by molar-refractivity contribution is 5.07. The Morgan fingerprint density at radius 3 is 2.31 bits per heavy atom. The molecule has 2 heteroatoms. The zero-order valence-corrected chi connectivity index (χ0v) is 8.39. The summed E-state index contributed by atoms with van der Waals surface area (Å²) in [7, 11) is 0. The van der Waals surface area contributed by atoms with Crippen LogP contribution in [-0.2, 0) is 0 Å². The van der Waals surface area contributed by atoms with E-state index in [4.69, 9.17) is 0 Å². The largest absolute Gasteiger partial charge is 0.317 e. The molecule has 2 aliphatic rings. The summed E-state index contributed by atoms with van der Waals surface area (Å²) in [5.74, 6) is 0. The highest BCUT2D eigenvalue weighted by atomic mass is 15.2. The van der Waals surface area contributed by atoms with Gasteiger partial charge in [0.05, 0.1) is 0 Å². The maximum atomic E-state index is 4.03. The fourth-order valence-corrected chi connectivity index (χ4v) is 2.67. The molecule has 2 heterocycles. The van der Waals surface area contributed by atoms with Crippen LogP contribution in [0.25, 0.3) is 0 Å². The van der Waals surface area contributed by atoms with Gasteiger partial charge in [0.15, 0.2) is 0 Å². The van der Waals surface area contributed by atoms with Gasteiger partial charge in [0, 0.05) is 5.54 Å². The molecule has 13 heavy (non-hydrogen) atoms. The van der Waals surface area contributed by atoms with Gasteiger partial charge in [0.2, 0.25) is 0 Å². The molecule has 0 atom stereocenters. The second kappa shape index (κ2) is 3.81. The predicted molar refractivity (Wildman–Crippen MR) is 55.8 cm³/mol. The van der Waals surface area contributed by atoms with Crippen molar-refractivity contribution >= 4 is 0 Å². The molecule has 2 nitrogen and oxygen atoms in total. The van der Waals surface area contributed by atoms with Gasteiger partial charge in [-0.3, -0.25) is 4.90 Å². The number of piperidine rings is 1. The lowest BCUT2D eigenvalue weighted by atomic mass is 9.87. The summed E-state index contributed by atoms with van der Waals surface area (Å²) in [5.41, 5.74) is 0.335. The van der Waals surface area contributed by atoms with Gasteiger partial charge in [-0.15, -0.1) is 6.58 Å². The van der Waals surface area contributed by atoms with Gasteiger partial charge < -0.3 is 5.32 Å². The van der Waals surface area contributed by atoms with Gasteiger partial charge in [-0.1, -0.05) is 6.08 Å². The van der Waals surface area contributed by atoms with E-state index in [1.165, 1.54) is 38.8 Å². The van der Waals surface area contributed by atoms with Crippen LogP contribution >= 0.6 is 0 Å². The third-order valence-electron chi connectivity index (χ3n) is 3.59. The first-order valence-corrected chi connectivity index (χ1v) is 5.47. The molecule has 0 aromatic rings. The van der Waals surface area contributed by atoms with Crippen molar-refractivity contribution in [1.29, 1.82) is 0 Å². The average Bonchev–Trinajstić information content (AvgIpc) is 2.72. The highest BCUT2D eigenvalue weighted by Crippen LogP contribution is 2.30. The Bertz CT molecular complexity index is 177. The second-order valence-corrected chi connectivity index (χ2v) is 4.25. The van der Waals surface area contributed by atoms with Crippen molar-refractivity contribution in [3.63, 3.8) is 0 Å². The molecule has 0 aromatic heterocycles. The topological polar surface area (TPSA) is 15.3 Å². The zero-order valence-electron chi connectivity index (χ0n) is 8.39. The van der Waals surface area contributed by atoms with Gasteiger partial charge in [-0.25, -0.2) is 0 Å². The van der Waals surface area contributed by atoms with Crippen molar-refractivity contribution in [2.75, 3.05) is 26.2 Å². The van der Waals surface area contributed by atoms with Crippen molar-refractivity contribution in [3.8, 4) is 0 Å². The second-order valence-electron chi connectivity index (χ2n) is 4.25. The Kier molecular flexibility index (Phi) is 2.70. The summed E-state index contributed by atoms with van der Waals surface area (Å²) >= 11 is 0. The molecule has 0 saturated carbocycles. The molecule has 2 aliphatic heterocycles. The number of rotatable bonds is 2. The quantitative estimate of drug-likeness (QED) is 0.646. The third kappa shape index (κ3) is 1.65. The molecule has 0 radical (unpaired) electrons. The molecule has 2 saturated heterocycles. The Labute approximate surface area is 81.0 Å². The van der Waals surface area contributed by atoms with Gasteiger partial charge in [0.1, 0.15) is 0 Å². The maximum Gasteiger partial charge on any atom is 0.0412 e. The Balaban J connectivity index is 2.07. The molecule has 74 valence electrons. The Morgan fingerprint density at radius 1 is 1.15 bits per heavy atom. The van der Waals surface area contributed by atoms with Crippen LogP contribution in [0.3, 0.4) is 0 Å². The van der Waals surface area contributed by atoms with Crippen LogP contribution in [0.2, 0.25) is 0 Å². The first kappa shape index (κ1) is 9.22. The molecule has 2 rings (SSSR count). The molecule has 0 aromatic carbocycles. The van der Waals surface area contributed by atoms with E-state index < -0.39 is 0 Å². The van der Waals surface area contributed by atoms with E-state index in [1.807, 2.05) is 0 Å². The van der Waals surface area contributed by atoms with Crippen LogP contribution in [0.4, 0.5) is 0 Å². The molecular weight excluding hydrogens is 160 g/mol. The monoisotopic (exact) mass is 180 g/mol. The normalized spacial score (nSPS) is 28.9. The number of hydrogen-bond acceptors (Lipinski definition) is 2. The number of nitrogens with one attached hydrogen (secondary N) is 1. The molecule has 0 unspecified atom stereocenters. The molecule has 0 amide bonds. The molecule has 1 N–H and O–H groups in total. The molecule has 0 spiro atoms. The molecular formula is C11H20N2. The van der Waals surface area contributed by atoms with Crippen molar-refractivity contribution < 1.29 is 0 Å². The smallest absolute Gasteiger partial charge is 0.0412 e. The van der Waals surface area contributed by atoms with E-state index in [0.29, 0.717) is 5.54 Å². The summed E-state index contributed by atoms with van der Waals surface area (Å²) in [5, 5.41) is 3.42. The van der Waals surface area contributed by atoms with Crippen LogP contribution in [-0.4, -0.2) is 36.6 Å². The SMILES string of the molecule is C=CC1(N2CCCC2)CCNCC1. The molecule has 0 aliphatic carbocycles. The highest BCUT2D eigenvalue weighted by Gasteiger charge is 2.36. The summed E-state index contributed by atoms with van der Waals surface area (Å²) in [6.45, 7) is 8.91. The van der Waals surface area contributed by atoms with Gasteiger partial charge in [-0.2, -0.15) is 0 Å². The van der Waals surface area contributed by atoms with Gasteiger partial charge in [0.25, 0.3) is 0 Å². The van der Waals surface area contributed by atoms with E-state index in [-0.39, 0.29) is 0 Å². The first-order chi connectivity index (χ1) is 6.37. The summed E-state index contributed by atoms with van der Waals surface area (Å²) < 4.78 is 0. The average molecular weight is 180 g/mol.